The zero-order chi connectivity index (χ0) is 11.6. The topological polar surface area (TPSA) is 30.7 Å². The number of benzene rings is 1. The molecule has 0 spiro atoms. The SMILES string of the molecule is C[Si](C)(Cn1cncn1)c1ccccc1Cl. The number of aromatic nitrogens is 3. The van der Waals surface area contributed by atoms with E-state index in [1.165, 1.54) is 5.19 Å². The van der Waals surface area contributed by atoms with Gasteiger partial charge in [-0.1, -0.05) is 42.9 Å². The fourth-order valence-corrected chi connectivity index (χ4v) is 5.14. The second kappa shape index (κ2) is 4.39. The van der Waals surface area contributed by atoms with Gasteiger partial charge in [-0.25, -0.2) is 4.98 Å². The molecule has 1 aromatic carbocycles. The lowest BCUT2D eigenvalue weighted by Crippen LogP contribution is -2.46. The summed E-state index contributed by atoms with van der Waals surface area (Å²) in [5.74, 6) is 0. The minimum absolute atomic E-state index is 0.860. The van der Waals surface area contributed by atoms with Crippen molar-refractivity contribution in [1.29, 1.82) is 0 Å². The van der Waals surface area contributed by atoms with Crippen molar-refractivity contribution in [1.82, 2.24) is 14.8 Å². The van der Waals surface area contributed by atoms with Crippen molar-refractivity contribution in [3.8, 4) is 0 Å². The van der Waals surface area contributed by atoms with Crippen LogP contribution in [0, 0.1) is 0 Å². The van der Waals surface area contributed by atoms with E-state index in [0.29, 0.717) is 0 Å². The smallest absolute Gasteiger partial charge is 0.137 e. The standard InChI is InChI=1S/C11H14ClN3Si/c1-16(2,9-15-8-13-7-14-15)11-6-4-3-5-10(11)12/h3-8H,9H2,1-2H3. The molecule has 0 radical (unpaired) electrons. The first-order valence-corrected chi connectivity index (χ1v) is 8.75. The Morgan fingerprint density at radius 1 is 1.31 bits per heavy atom. The minimum atomic E-state index is -1.60. The van der Waals surface area contributed by atoms with Crippen LogP contribution in [-0.4, -0.2) is 22.8 Å². The van der Waals surface area contributed by atoms with Crippen LogP contribution in [0.4, 0.5) is 0 Å². The van der Waals surface area contributed by atoms with Crippen LogP contribution < -0.4 is 5.19 Å². The van der Waals surface area contributed by atoms with Crippen molar-refractivity contribution in [2.45, 2.75) is 19.3 Å². The van der Waals surface area contributed by atoms with Crippen LogP contribution in [0.25, 0.3) is 0 Å². The van der Waals surface area contributed by atoms with E-state index in [2.05, 4.69) is 29.2 Å². The molecule has 0 aliphatic carbocycles. The van der Waals surface area contributed by atoms with Crippen molar-refractivity contribution in [3.63, 3.8) is 0 Å². The van der Waals surface area contributed by atoms with Crippen LogP contribution in [0.5, 0.6) is 0 Å². The number of rotatable bonds is 3. The van der Waals surface area contributed by atoms with Crippen LogP contribution >= 0.6 is 11.6 Å². The molecule has 0 aliphatic rings. The third-order valence-electron chi connectivity index (χ3n) is 2.63. The third kappa shape index (κ3) is 2.33. The van der Waals surface area contributed by atoms with E-state index in [1.807, 2.05) is 22.9 Å². The maximum Gasteiger partial charge on any atom is 0.137 e. The molecular weight excluding hydrogens is 238 g/mol. The molecule has 0 bridgehead atoms. The molecule has 2 aromatic rings. The van der Waals surface area contributed by atoms with Gasteiger partial charge in [0.1, 0.15) is 20.7 Å². The quantitative estimate of drug-likeness (QED) is 0.783. The van der Waals surface area contributed by atoms with Gasteiger partial charge in [0.15, 0.2) is 0 Å². The highest BCUT2D eigenvalue weighted by molar-refractivity contribution is 6.90. The zero-order valence-corrected chi connectivity index (χ0v) is 11.1. The summed E-state index contributed by atoms with van der Waals surface area (Å²) >= 11 is 6.24. The Bertz CT molecular complexity index is 468. The van der Waals surface area contributed by atoms with E-state index in [9.17, 15) is 0 Å². The molecule has 0 amide bonds. The predicted molar refractivity (Wildman–Crippen MR) is 68.6 cm³/mol. The van der Waals surface area contributed by atoms with Gasteiger partial charge in [-0.3, -0.25) is 4.68 Å². The molecule has 5 heteroatoms. The molecule has 0 saturated carbocycles. The van der Waals surface area contributed by atoms with Gasteiger partial charge in [-0.2, -0.15) is 5.10 Å². The van der Waals surface area contributed by atoms with Crippen LogP contribution in [0.1, 0.15) is 0 Å². The number of nitrogens with zero attached hydrogens (tertiary/aromatic N) is 3. The lowest BCUT2D eigenvalue weighted by atomic mass is 10.4. The fraction of sp³-hybridized carbons (Fsp3) is 0.273. The summed E-state index contributed by atoms with van der Waals surface area (Å²) in [6.07, 6.45) is 4.22. The molecule has 0 N–H and O–H groups in total. The van der Waals surface area contributed by atoms with Gasteiger partial charge in [0.2, 0.25) is 0 Å². The lowest BCUT2D eigenvalue weighted by molar-refractivity contribution is 0.725. The van der Waals surface area contributed by atoms with Crippen LogP contribution in [-0.2, 0) is 6.17 Å². The fourth-order valence-electron chi connectivity index (χ4n) is 1.81. The Balaban J connectivity index is 2.28. The highest BCUT2D eigenvalue weighted by Gasteiger charge is 2.26. The van der Waals surface area contributed by atoms with Gasteiger partial charge in [-0.15, -0.1) is 0 Å². The van der Waals surface area contributed by atoms with Crippen LogP contribution in [0.3, 0.4) is 0 Å². The zero-order valence-electron chi connectivity index (χ0n) is 9.39. The maximum atomic E-state index is 6.24. The van der Waals surface area contributed by atoms with Crippen molar-refractivity contribution >= 4 is 24.9 Å². The Labute approximate surface area is 101 Å². The first-order chi connectivity index (χ1) is 7.59. The van der Waals surface area contributed by atoms with Gasteiger partial charge in [0.05, 0.1) is 0 Å². The second-order valence-electron chi connectivity index (χ2n) is 4.46. The average molecular weight is 252 g/mol. The van der Waals surface area contributed by atoms with Gasteiger partial charge >= 0.3 is 0 Å². The van der Waals surface area contributed by atoms with E-state index in [0.717, 1.165) is 11.2 Å². The van der Waals surface area contributed by atoms with Gasteiger partial charge in [0.25, 0.3) is 0 Å². The van der Waals surface area contributed by atoms with Crippen molar-refractivity contribution in [2.75, 3.05) is 0 Å². The second-order valence-corrected chi connectivity index (χ2v) is 9.49. The summed E-state index contributed by atoms with van der Waals surface area (Å²) in [5.41, 5.74) is 0. The summed E-state index contributed by atoms with van der Waals surface area (Å²) < 4.78 is 1.88. The third-order valence-corrected chi connectivity index (χ3v) is 6.12. The van der Waals surface area contributed by atoms with Gasteiger partial charge in [-0.05, 0) is 11.3 Å². The van der Waals surface area contributed by atoms with Gasteiger partial charge < -0.3 is 0 Å². The largest absolute Gasteiger partial charge is 0.256 e. The van der Waals surface area contributed by atoms with Crippen molar-refractivity contribution < 1.29 is 0 Å². The Kier molecular flexibility index (Phi) is 3.12. The summed E-state index contributed by atoms with van der Waals surface area (Å²) in [7, 11) is -1.60. The van der Waals surface area contributed by atoms with E-state index < -0.39 is 8.07 Å². The normalized spacial score (nSPS) is 11.7. The summed E-state index contributed by atoms with van der Waals surface area (Å²) in [5, 5.41) is 6.28. The first kappa shape index (κ1) is 11.4. The molecule has 0 unspecified atom stereocenters. The van der Waals surface area contributed by atoms with Crippen molar-refractivity contribution in [2.24, 2.45) is 0 Å². The van der Waals surface area contributed by atoms with E-state index in [1.54, 1.807) is 12.7 Å². The minimum Gasteiger partial charge on any atom is -0.256 e. The Morgan fingerprint density at radius 2 is 2.06 bits per heavy atom. The predicted octanol–water partition coefficient (Wildman–Crippen LogP) is 2.09. The molecule has 2 rings (SSSR count). The molecule has 1 heterocycles. The van der Waals surface area contributed by atoms with Gasteiger partial charge in [0, 0.05) is 11.2 Å². The highest BCUT2D eigenvalue weighted by Crippen LogP contribution is 2.13. The number of hydrogen-bond donors (Lipinski definition) is 0. The molecule has 0 atom stereocenters. The molecule has 16 heavy (non-hydrogen) atoms. The van der Waals surface area contributed by atoms with Crippen LogP contribution in [0.15, 0.2) is 36.9 Å². The molecule has 0 fully saturated rings. The van der Waals surface area contributed by atoms with E-state index >= 15 is 0 Å². The van der Waals surface area contributed by atoms with E-state index in [-0.39, 0.29) is 0 Å². The maximum absolute atomic E-state index is 6.24. The highest BCUT2D eigenvalue weighted by atomic mass is 35.5. The first-order valence-electron chi connectivity index (χ1n) is 5.17. The monoisotopic (exact) mass is 251 g/mol. The molecule has 3 nitrogen and oxygen atoms in total. The molecule has 1 aromatic heterocycles. The van der Waals surface area contributed by atoms with Crippen LogP contribution in [0.2, 0.25) is 18.1 Å². The molecule has 0 saturated heterocycles. The Morgan fingerprint density at radius 3 is 2.69 bits per heavy atom. The number of halogens is 1. The number of hydrogen-bond acceptors (Lipinski definition) is 2. The summed E-state index contributed by atoms with van der Waals surface area (Å²) in [4.78, 5) is 3.96. The van der Waals surface area contributed by atoms with Crippen molar-refractivity contribution in [3.05, 3.63) is 41.9 Å². The summed E-state index contributed by atoms with van der Waals surface area (Å²) in [6.45, 7) is 4.58. The van der Waals surface area contributed by atoms with E-state index in [4.69, 9.17) is 11.6 Å². The average Bonchev–Trinajstić information content (AvgIpc) is 2.70. The lowest BCUT2D eigenvalue weighted by Gasteiger charge is -2.23. The molecular formula is C11H14ClN3Si. The summed E-state index contributed by atoms with van der Waals surface area (Å²) in [6, 6.07) is 8.07. The molecule has 84 valence electrons. The Hall–Kier alpha value is -1.13. The molecule has 0 aliphatic heterocycles.